The predicted molar refractivity (Wildman–Crippen MR) is 130 cm³/mol. The first-order valence-corrected chi connectivity index (χ1v) is 11.0. The highest BCUT2D eigenvalue weighted by Gasteiger charge is 2.32. The molecule has 3 aromatic rings. The molecule has 6 nitrogen and oxygen atoms in total. The molecule has 1 saturated heterocycles. The number of thioether (sulfide) groups is 1. The lowest BCUT2D eigenvalue weighted by Crippen LogP contribution is -2.27. The molecule has 1 amide bonds. The number of aromatic nitrogens is 2. The number of pyridine rings is 1. The second-order valence-corrected chi connectivity index (χ2v) is 8.80. The van der Waals surface area contributed by atoms with Gasteiger partial charge in [-0.1, -0.05) is 48.3 Å². The van der Waals surface area contributed by atoms with E-state index in [2.05, 4.69) is 16.9 Å². The zero-order valence-corrected chi connectivity index (χ0v) is 18.8. The summed E-state index contributed by atoms with van der Waals surface area (Å²) in [6.07, 6.45) is 4.83. The summed E-state index contributed by atoms with van der Waals surface area (Å²) in [5.41, 5.74) is 2.10. The van der Waals surface area contributed by atoms with E-state index in [0.717, 1.165) is 22.9 Å². The Bertz CT molecular complexity index is 1330. The number of nitrogens with zero attached hydrogens (tertiary/aromatic N) is 3. The number of hydrogen-bond donors (Lipinski definition) is 1. The minimum Gasteiger partial charge on any atom is -0.366 e. The number of nitrogens with one attached hydrogen (secondary N) is 1. The van der Waals surface area contributed by atoms with E-state index in [9.17, 15) is 14.0 Å². The molecular formula is C23H19FN4O2S2. The van der Waals surface area contributed by atoms with Gasteiger partial charge in [-0.05, 0) is 42.3 Å². The molecule has 1 aliphatic rings. The number of amides is 1. The van der Waals surface area contributed by atoms with Gasteiger partial charge < -0.3 is 5.32 Å². The van der Waals surface area contributed by atoms with Crippen LogP contribution in [0.2, 0.25) is 0 Å². The van der Waals surface area contributed by atoms with Crippen LogP contribution in [0, 0.1) is 12.7 Å². The number of thiocarbonyl (C=S) groups is 1. The maximum absolute atomic E-state index is 13.3. The number of carbonyl (C=O) groups excluding carboxylic acids is 1. The van der Waals surface area contributed by atoms with Crippen molar-refractivity contribution >= 4 is 51.7 Å². The highest BCUT2D eigenvalue weighted by Crippen LogP contribution is 2.34. The molecule has 0 radical (unpaired) electrons. The van der Waals surface area contributed by atoms with Crippen LogP contribution in [0.5, 0.6) is 0 Å². The Labute approximate surface area is 193 Å². The van der Waals surface area contributed by atoms with E-state index in [1.54, 1.807) is 30.5 Å². The second kappa shape index (κ2) is 9.05. The number of rotatable bonds is 6. The molecule has 9 heteroatoms. The molecule has 32 heavy (non-hydrogen) atoms. The number of hydrogen-bond acceptors (Lipinski definition) is 6. The lowest BCUT2D eigenvalue weighted by molar-refractivity contribution is -0.122. The first-order valence-electron chi connectivity index (χ1n) is 9.75. The zero-order chi connectivity index (χ0) is 22.8. The number of benzene rings is 1. The number of fused-ring (bicyclic) bond motifs is 1. The Morgan fingerprint density at radius 3 is 2.72 bits per heavy atom. The standard InChI is InChI=1S/C23H19FN4O2S2/c1-3-10-25-19-17(21(29)27-11-4-5-14(2)20(27)26-19)12-18-22(30)28(23(31)32-18)13-15-6-8-16(24)9-7-15/h3-9,11-12,25H,1,10,13H2,2H3. The molecule has 4 rings (SSSR count). The van der Waals surface area contributed by atoms with Gasteiger partial charge in [0.15, 0.2) is 0 Å². The van der Waals surface area contributed by atoms with Crippen LogP contribution in [0.25, 0.3) is 11.7 Å². The van der Waals surface area contributed by atoms with Crippen molar-refractivity contribution in [3.05, 3.63) is 93.0 Å². The molecule has 1 aromatic carbocycles. The fourth-order valence-electron chi connectivity index (χ4n) is 3.29. The first-order chi connectivity index (χ1) is 15.4. The van der Waals surface area contributed by atoms with Crippen molar-refractivity contribution in [1.82, 2.24) is 14.3 Å². The zero-order valence-electron chi connectivity index (χ0n) is 17.2. The molecule has 1 aliphatic heterocycles. The van der Waals surface area contributed by atoms with Gasteiger partial charge in [0, 0.05) is 12.7 Å². The molecular weight excluding hydrogens is 447 g/mol. The van der Waals surface area contributed by atoms with Crippen molar-refractivity contribution in [3.63, 3.8) is 0 Å². The van der Waals surface area contributed by atoms with Gasteiger partial charge in [-0.2, -0.15) is 0 Å². The molecule has 0 spiro atoms. The lowest BCUT2D eigenvalue weighted by Gasteiger charge is -2.14. The maximum atomic E-state index is 13.3. The minimum atomic E-state index is -0.349. The van der Waals surface area contributed by atoms with E-state index in [1.165, 1.54) is 27.5 Å². The Morgan fingerprint density at radius 1 is 1.25 bits per heavy atom. The van der Waals surface area contributed by atoms with Gasteiger partial charge in [0.1, 0.15) is 21.6 Å². The fourth-order valence-corrected chi connectivity index (χ4v) is 4.52. The largest absolute Gasteiger partial charge is 0.366 e. The quantitative estimate of drug-likeness (QED) is 0.335. The van der Waals surface area contributed by atoms with Gasteiger partial charge in [0.25, 0.3) is 11.5 Å². The minimum absolute atomic E-state index is 0.220. The van der Waals surface area contributed by atoms with E-state index in [1.807, 2.05) is 13.0 Å². The van der Waals surface area contributed by atoms with E-state index in [0.29, 0.717) is 27.2 Å². The molecule has 162 valence electrons. The van der Waals surface area contributed by atoms with Crippen molar-refractivity contribution in [3.8, 4) is 0 Å². The van der Waals surface area contributed by atoms with Crippen molar-refractivity contribution in [1.29, 1.82) is 0 Å². The van der Waals surface area contributed by atoms with Gasteiger partial charge >= 0.3 is 0 Å². The molecule has 2 aromatic heterocycles. The van der Waals surface area contributed by atoms with E-state index in [4.69, 9.17) is 12.2 Å². The summed E-state index contributed by atoms with van der Waals surface area (Å²) in [4.78, 5) is 32.7. The molecule has 0 bridgehead atoms. The topological polar surface area (TPSA) is 66.7 Å². The Balaban J connectivity index is 1.74. The summed E-state index contributed by atoms with van der Waals surface area (Å²) in [6, 6.07) is 9.54. The third-order valence-electron chi connectivity index (χ3n) is 4.90. The van der Waals surface area contributed by atoms with Crippen LogP contribution >= 0.6 is 24.0 Å². The van der Waals surface area contributed by atoms with Crippen LogP contribution in [0.3, 0.4) is 0 Å². The van der Waals surface area contributed by atoms with Crippen LogP contribution in [-0.2, 0) is 11.3 Å². The van der Waals surface area contributed by atoms with E-state index >= 15 is 0 Å². The van der Waals surface area contributed by atoms with Crippen LogP contribution in [-0.4, -0.2) is 31.1 Å². The number of halogens is 1. The van der Waals surface area contributed by atoms with Crippen molar-refractivity contribution in [2.24, 2.45) is 0 Å². The summed E-state index contributed by atoms with van der Waals surface area (Å²) < 4.78 is 15.0. The van der Waals surface area contributed by atoms with E-state index < -0.39 is 0 Å². The summed E-state index contributed by atoms with van der Waals surface area (Å²) in [5, 5.41) is 3.09. The number of anilines is 1. The molecule has 1 fully saturated rings. The molecule has 0 unspecified atom stereocenters. The van der Waals surface area contributed by atoms with Gasteiger partial charge in [-0.15, -0.1) is 6.58 Å². The average Bonchev–Trinajstić information content (AvgIpc) is 3.04. The van der Waals surface area contributed by atoms with Crippen LogP contribution in [0.4, 0.5) is 10.2 Å². The van der Waals surface area contributed by atoms with Crippen LogP contribution < -0.4 is 10.9 Å². The summed E-state index contributed by atoms with van der Waals surface area (Å²) in [6.45, 7) is 6.19. The smallest absolute Gasteiger partial charge is 0.267 e. The normalized spacial score (nSPS) is 15.1. The second-order valence-electron chi connectivity index (χ2n) is 7.13. The van der Waals surface area contributed by atoms with Crippen molar-refractivity contribution in [2.75, 3.05) is 11.9 Å². The predicted octanol–water partition coefficient (Wildman–Crippen LogP) is 4.14. The highest BCUT2D eigenvalue weighted by atomic mass is 32.2. The van der Waals surface area contributed by atoms with Crippen LogP contribution in [0.15, 0.2) is 64.9 Å². The molecule has 0 aliphatic carbocycles. The summed E-state index contributed by atoms with van der Waals surface area (Å²) in [5.74, 6) is -0.293. The summed E-state index contributed by atoms with van der Waals surface area (Å²) >= 11 is 6.51. The van der Waals surface area contributed by atoms with Gasteiger partial charge in [-0.3, -0.25) is 18.9 Å². The van der Waals surface area contributed by atoms with Crippen LogP contribution in [0.1, 0.15) is 16.7 Å². The molecule has 1 N–H and O–H groups in total. The first kappa shape index (κ1) is 21.9. The Kier molecular flexibility index (Phi) is 6.20. The molecule has 3 heterocycles. The Hall–Kier alpha value is -3.30. The van der Waals surface area contributed by atoms with Gasteiger partial charge in [0.2, 0.25) is 0 Å². The third kappa shape index (κ3) is 4.21. The third-order valence-corrected chi connectivity index (χ3v) is 6.28. The van der Waals surface area contributed by atoms with E-state index in [-0.39, 0.29) is 29.4 Å². The number of aryl methyl sites for hydroxylation is 1. The number of carbonyl (C=O) groups is 1. The SMILES string of the molecule is C=CCNc1nc2c(C)cccn2c(=O)c1C=C1SC(=S)N(Cc2ccc(F)cc2)C1=O. The maximum Gasteiger partial charge on any atom is 0.267 e. The fraction of sp³-hybridized carbons (Fsp3) is 0.130. The van der Waals surface area contributed by atoms with Crippen molar-refractivity contribution < 1.29 is 9.18 Å². The lowest BCUT2D eigenvalue weighted by atomic mass is 10.2. The van der Waals surface area contributed by atoms with Crippen molar-refractivity contribution in [2.45, 2.75) is 13.5 Å². The van der Waals surface area contributed by atoms with Gasteiger partial charge in [0.05, 0.1) is 17.0 Å². The average molecular weight is 467 g/mol. The van der Waals surface area contributed by atoms with Gasteiger partial charge in [-0.25, -0.2) is 9.37 Å². The highest BCUT2D eigenvalue weighted by molar-refractivity contribution is 8.26. The molecule has 0 atom stereocenters. The summed E-state index contributed by atoms with van der Waals surface area (Å²) in [7, 11) is 0. The monoisotopic (exact) mass is 466 g/mol. The molecule has 0 saturated carbocycles. The Morgan fingerprint density at radius 2 is 2.00 bits per heavy atom.